The summed E-state index contributed by atoms with van der Waals surface area (Å²) in [5, 5.41) is 10.9. The number of aromatic nitrogens is 3. The highest BCUT2D eigenvalue weighted by molar-refractivity contribution is 6.16. The van der Waals surface area contributed by atoms with Crippen LogP contribution in [0.25, 0.3) is 28.2 Å². The number of hydrogen-bond donors (Lipinski definition) is 2. The van der Waals surface area contributed by atoms with E-state index in [2.05, 4.69) is 33.1 Å². The van der Waals surface area contributed by atoms with Gasteiger partial charge in [-0.05, 0) is 70.4 Å². The number of aryl methyl sites for hydroxylation is 2. The predicted molar refractivity (Wildman–Crippen MR) is 156 cm³/mol. The first-order valence-corrected chi connectivity index (χ1v) is 13.1. The number of nitrogens with zero attached hydrogens (tertiary/aromatic N) is 4. The van der Waals surface area contributed by atoms with Gasteiger partial charge in [0.2, 0.25) is 5.78 Å². The smallest absolute Gasteiger partial charge is 0.318 e. The van der Waals surface area contributed by atoms with Gasteiger partial charge in [0.15, 0.2) is 5.76 Å². The fourth-order valence-corrected chi connectivity index (χ4v) is 5.14. The summed E-state index contributed by atoms with van der Waals surface area (Å²) < 4.78 is 15.8. The maximum Gasteiger partial charge on any atom is 0.318 e. The van der Waals surface area contributed by atoms with Gasteiger partial charge in [-0.2, -0.15) is 5.10 Å². The molecule has 10 heteroatoms. The van der Waals surface area contributed by atoms with Crippen LogP contribution in [0.4, 0.5) is 10.5 Å². The fraction of sp³-hybridized carbons (Fsp3) is 0.300. The Morgan fingerprint density at radius 3 is 2.60 bits per heavy atom. The molecule has 2 aromatic heterocycles. The maximum absolute atomic E-state index is 13.6. The van der Waals surface area contributed by atoms with Crippen LogP contribution in [-0.2, 0) is 13.6 Å². The van der Waals surface area contributed by atoms with Gasteiger partial charge in [0.1, 0.15) is 11.5 Å². The Balaban J connectivity index is 1.73. The third-order valence-corrected chi connectivity index (χ3v) is 7.25. The first-order valence-electron chi connectivity index (χ1n) is 13.1. The lowest BCUT2D eigenvalue weighted by atomic mass is 10.0. The Morgan fingerprint density at radius 2 is 1.95 bits per heavy atom. The summed E-state index contributed by atoms with van der Waals surface area (Å²) in [6.45, 7) is 5.60. The predicted octanol–water partition coefficient (Wildman–Crippen LogP) is 4.60. The molecule has 0 saturated heterocycles. The van der Waals surface area contributed by atoms with Crippen molar-refractivity contribution in [2.45, 2.75) is 20.4 Å². The van der Waals surface area contributed by atoms with Crippen LogP contribution in [-0.4, -0.2) is 65.9 Å². The highest BCUT2D eigenvalue weighted by Crippen LogP contribution is 2.41. The second-order valence-corrected chi connectivity index (χ2v) is 10.1. The molecule has 208 valence electrons. The molecule has 0 aliphatic carbocycles. The summed E-state index contributed by atoms with van der Waals surface area (Å²) in [7, 11) is 9.21. The molecule has 1 aliphatic heterocycles. The molecule has 40 heavy (non-hydrogen) atoms. The van der Waals surface area contributed by atoms with Gasteiger partial charge < -0.3 is 29.6 Å². The van der Waals surface area contributed by atoms with Crippen molar-refractivity contribution < 1.29 is 19.1 Å². The number of fused-ring (bicyclic) bond motifs is 2. The molecule has 0 bridgehead atoms. The number of rotatable bonds is 7. The quantitative estimate of drug-likeness (QED) is 0.331. The topological polar surface area (TPSA) is 103 Å². The van der Waals surface area contributed by atoms with E-state index in [0.717, 1.165) is 58.0 Å². The normalized spacial score (nSPS) is 13.7. The van der Waals surface area contributed by atoms with Crippen LogP contribution < -0.4 is 20.1 Å². The molecule has 0 fully saturated rings. The van der Waals surface area contributed by atoms with Gasteiger partial charge >= 0.3 is 6.03 Å². The van der Waals surface area contributed by atoms with Gasteiger partial charge in [-0.25, -0.2) is 4.79 Å². The Labute approximate surface area is 233 Å². The summed E-state index contributed by atoms with van der Waals surface area (Å²) in [5.41, 5.74) is 6.67. The first kappa shape index (κ1) is 27.0. The van der Waals surface area contributed by atoms with Crippen molar-refractivity contribution in [1.82, 2.24) is 24.6 Å². The monoisotopic (exact) mass is 542 g/mol. The molecule has 2 aromatic carbocycles. The van der Waals surface area contributed by atoms with E-state index in [-0.39, 0.29) is 17.6 Å². The second-order valence-electron chi connectivity index (χ2n) is 10.1. The number of allylic oxidation sites excluding steroid dienone is 1. The minimum absolute atomic E-state index is 0.210. The number of ether oxygens (including phenoxy) is 2. The molecule has 10 nitrogen and oxygen atoms in total. The van der Waals surface area contributed by atoms with Gasteiger partial charge in [-0.3, -0.25) is 9.48 Å². The molecule has 0 radical (unpaired) electrons. The lowest BCUT2D eigenvalue weighted by Crippen LogP contribution is -2.24. The van der Waals surface area contributed by atoms with E-state index in [4.69, 9.17) is 14.6 Å². The minimum atomic E-state index is -0.367. The number of benzene rings is 2. The van der Waals surface area contributed by atoms with Gasteiger partial charge in [-0.1, -0.05) is 0 Å². The van der Waals surface area contributed by atoms with Gasteiger partial charge in [-0.15, -0.1) is 0 Å². The minimum Gasteiger partial charge on any atom is -0.497 e. The van der Waals surface area contributed by atoms with Crippen LogP contribution in [0.3, 0.4) is 0 Å². The Bertz CT molecular complexity index is 1680. The van der Waals surface area contributed by atoms with E-state index in [9.17, 15) is 9.59 Å². The van der Waals surface area contributed by atoms with Crippen molar-refractivity contribution >= 4 is 34.5 Å². The zero-order valence-corrected chi connectivity index (χ0v) is 23.9. The first-order chi connectivity index (χ1) is 19.1. The Morgan fingerprint density at radius 1 is 1.18 bits per heavy atom. The Hall–Kier alpha value is -4.57. The SMILES string of the molecule is CNC(=O)Nc1ccc2c(c1)C(=O)C(=Cc1c(-c3c(C)nn(C)c3C)n(CCN(C)C)c3ccc(OC)cc13)O2. The largest absolute Gasteiger partial charge is 0.497 e. The van der Waals surface area contributed by atoms with E-state index < -0.39 is 0 Å². The van der Waals surface area contributed by atoms with E-state index in [1.807, 2.05) is 51.0 Å². The van der Waals surface area contributed by atoms with Gasteiger partial charge in [0.25, 0.3) is 0 Å². The van der Waals surface area contributed by atoms with Crippen molar-refractivity contribution in [3.8, 4) is 22.8 Å². The summed E-state index contributed by atoms with van der Waals surface area (Å²) >= 11 is 0. The fourth-order valence-electron chi connectivity index (χ4n) is 5.14. The van der Waals surface area contributed by atoms with Crippen molar-refractivity contribution in [2.24, 2.45) is 7.05 Å². The number of anilines is 1. The molecule has 2 N–H and O–H groups in total. The number of methoxy groups -OCH3 is 1. The molecule has 5 rings (SSSR count). The number of nitrogens with one attached hydrogen (secondary N) is 2. The number of Topliss-reactive ketones (excluding diaryl/α,β-unsaturated/α-hetero) is 1. The zero-order chi connectivity index (χ0) is 28.7. The molecule has 0 atom stereocenters. The van der Waals surface area contributed by atoms with Crippen LogP contribution in [0, 0.1) is 13.8 Å². The average molecular weight is 543 g/mol. The molecule has 0 unspecified atom stereocenters. The number of ketones is 1. The molecule has 3 heterocycles. The lowest BCUT2D eigenvalue weighted by molar-refractivity contribution is 0.101. The summed E-state index contributed by atoms with van der Waals surface area (Å²) in [6.07, 6.45) is 1.82. The lowest BCUT2D eigenvalue weighted by Gasteiger charge is -2.16. The molecule has 4 aromatic rings. The van der Waals surface area contributed by atoms with E-state index in [1.165, 1.54) is 7.05 Å². The molecule has 2 amide bonds. The number of carbonyl (C=O) groups is 2. The summed E-state index contributed by atoms with van der Waals surface area (Å²) in [4.78, 5) is 27.5. The van der Waals surface area contributed by atoms with Crippen LogP contribution in [0.2, 0.25) is 0 Å². The van der Waals surface area contributed by atoms with E-state index >= 15 is 0 Å². The molecule has 0 spiro atoms. The van der Waals surface area contributed by atoms with E-state index in [0.29, 0.717) is 17.0 Å². The van der Waals surface area contributed by atoms with Crippen molar-refractivity contribution in [2.75, 3.05) is 40.1 Å². The van der Waals surface area contributed by atoms with E-state index in [1.54, 1.807) is 25.3 Å². The number of hydrogen-bond acceptors (Lipinski definition) is 6. The Kier molecular flexibility index (Phi) is 7.12. The van der Waals surface area contributed by atoms with Crippen LogP contribution >= 0.6 is 0 Å². The number of carbonyl (C=O) groups excluding carboxylic acids is 2. The second kappa shape index (κ2) is 10.5. The summed E-state index contributed by atoms with van der Waals surface area (Å²) in [6, 6.07) is 10.7. The average Bonchev–Trinajstić information content (AvgIpc) is 3.50. The van der Waals surface area contributed by atoms with Gasteiger partial charge in [0, 0.05) is 60.6 Å². The van der Waals surface area contributed by atoms with Crippen LogP contribution in [0.15, 0.2) is 42.2 Å². The summed E-state index contributed by atoms with van der Waals surface area (Å²) in [5.74, 6) is 1.12. The molecular weight excluding hydrogens is 508 g/mol. The maximum atomic E-state index is 13.6. The number of amides is 2. The van der Waals surface area contributed by atoms with Crippen molar-refractivity contribution in [1.29, 1.82) is 0 Å². The number of likely N-dealkylation sites (N-methyl/N-ethyl adjacent to an activating group) is 1. The third kappa shape index (κ3) is 4.71. The standard InChI is InChI=1S/C30H34N6O4/c1-17-27(18(2)35(6)33-17)28-22(21-15-20(39-7)9-10-24(21)36(28)13-12-34(4)5)16-26-29(37)23-14-19(32-30(38)31-3)8-11-25(23)40-26/h8-11,14-16H,12-13H2,1-7H3,(H2,31,32,38). The zero-order valence-electron chi connectivity index (χ0n) is 23.9. The highest BCUT2D eigenvalue weighted by Gasteiger charge is 2.30. The number of urea groups is 1. The third-order valence-electron chi connectivity index (χ3n) is 7.25. The molecule has 1 aliphatic rings. The highest BCUT2D eigenvalue weighted by atomic mass is 16.5. The van der Waals surface area contributed by atoms with Crippen LogP contribution in [0.1, 0.15) is 27.3 Å². The molecule has 0 saturated carbocycles. The van der Waals surface area contributed by atoms with Gasteiger partial charge in [0.05, 0.1) is 24.1 Å². The van der Waals surface area contributed by atoms with Crippen LogP contribution in [0.5, 0.6) is 11.5 Å². The van der Waals surface area contributed by atoms with Crippen molar-refractivity contribution in [3.05, 3.63) is 64.7 Å². The van der Waals surface area contributed by atoms with Crippen molar-refractivity contribution in [3.63, 3.8) is 0 Å². The molecular formula is C30H34N6O4.